The average Bonchev–Trinajstić information content (AvgIpc) is 3.27. The lowest BCUT2D eigenvalue weighted by molar-refractivity contribution is -0.384. The van der Waals surface area contributed by atoms with Gasteiger partial charge in [-0.3, -0.25) is 30.0 Å². The summed E-state index contributed by atoms with van der Waals surface area (Å²) in [6.45, 7) is 6.47. The first-order valence-electron chi connectivity index (χ1n) is 11.2. The van der Waals surface area contributed by atoms with Crippen molar-refractivity contribution in [1.82, 2.24) is 9.80 Å². The molecule has 0 bridgehead atoms. The SMILES string of the molecule is CSc1cc(N)c([N+](=O)[O-])cc1NCCCN1CCN(CCCNc2ccc([N+](=O)[O-])cc2)C1. The number of non-ortho nitro benzene ring substituents is 1. The number of hydrogen-bond donors (Lipinski definition) is 3. The number of benzene rings is 2. The van der Waals surface area contributed by atoms with E-state index in [1.54, 1.807) is 18.2 Å². The number of nitrogens with two attached hydrogens (primary N) is 1. The first-order valence-corrected chi connectivity index (χ1v) is 12.4. The molecule has 0 radical (unpaired) electrons. The van der Waals surface area contributed by atoms with E-state index in [-0.39, 0.29) is 17.1 Å². The second-order valence-electron chi connectivity index (χ2n) is 8.11. The summed E-state index contributed by atoms with van der Waals surface area (Å²) in [6, 6.07) is 9.64. The van der Waals surface area contributed by atoms with Crippen molar-refractivity contribution < 1.29 is 9.85 Å². The molecular weight excluding hydrogens is 458 g/mol. The molecule has 11 nitrogen and oxygen atoms in total. The van der Waals surface area contributed by atoms with Crippen molar-refractivity contribution in [3.8, 4) is 0 Å². The minimum Gasteiger partial charge on any atom is -0.393 e. The van der Waals surface area contributed by atoms with Gasteiger partial charge in [-0.25, -0.2) is 0 Å². The van der Waals surface area contributed by atoms with Crippen LogP contribution in [0, 0.1) is 20.2 Å². The summed E-state index contributed by atoms with van der Waals surface area (Å²) < 4.78 is 0. The maximum absolute atomic E-state index is 11.2. The van der Waals surface area contributed by atoms with Gasteiger partial charge in [0, 0.05) is 68.1 Å². The van der Waals surface area contributed by atoms with Gasteiger partial charge in [-0.2, -0.15) is 0 Å². The molecule has 1 saturated heterocycles. The zero-order chi connectivity index (χ0) is 24.5. The Kier molecular flexibility index (Phi) is 9.31. The number of thioether (sulfide) groups is 1. The minimum atomic E-state index is -0.453. The van der Waals surface area contributed by atoms with Crippen LogP contribution in [0.25, 0.3) is 0 Å². The van der Waals surface area contributed by atoms with Crippen molar-refractivity contribution in [3.63, 3.8) is 0 Å². The molecule has 0 spiro atoms. The molecule has 0 saturated carbocycles. The number of anilines is 3. The molecule has 184 valence electrons. The van der Waals surface area contributed by atoms with Gasteiger partial charge in [-0.1, -0.05) is 0 Å². The van der Waals surface area contributed by atoms with Crippen LogP contribution >= 0.6 is 11.8 Å². The zero-order valence-electron chi connectivity index (χ0n) is 19.2. The van der Waals surface area contributed by atoms with Crippen LogP contribution in [-0.4, -0.2) is 71.8 Å². The number of nitrogens with one attached hydrogen (secondary N) is 2. The smallest absolute Gasteiger partial charge is 0.294 e. The van der Waals surface area contributed by atoms with Gasteiger partial charge in [-0.05, 0) is 37.3 Å². The molecule has 4 N–H and O–H groups in total. The summed E-state index contributed by atoms with van der Waals surface area (Å²) >= 11 is 1.51. The van der Waals surface area contributed by atoms with Gasteiger partial charge in [0.1, 0.15) is 5.69 Å². The Morgan fingerprint density at radius 3 is 2.15 bits per heavy atom. The Hall–Kier alpha value is -3.09. The Labute approximate surface area is 203 Å². The molecule has 0 atom stereocenters. The third-order valence-electron chi connectivity index (χ3n) is 5.70. The second kappa shape index (κ2) is 12.4. The van der Waals surface area contributed by atoms with Crippen LogP contribution in [0.5, 0.6) is 0 Å². The highest BCUT2D eigenvalue weighted by Crippen LogP contribution is 2.34. The van der Waals surface area contributed by atoms with E-state index >= 15 is 0 Å². The highest BCUT2D eigenvalue weighted by Gasteiger charge is 2.19. The van der Waals surface area contributed by atoms with Crippen molar-refractivity contribution in [2.45, 2.75) is 17.7 Å². The normalized spacial score (nSPS) is 14.3. The van der Waals surface area contributed by atoms with Crippen molar-refractivity contribution in [2.75, 3.05) is 68.6 Å². The molecular formula is C22H31N7O4S. The molecule has 34 heavy (non-hydrogen) atoms. The van der Waals surface area contributed by atoms with Gasteiger partial charge in [0.15, 0.2) is 0 Å². The highest BCUT2D eigenvalue weighted by molar-refractivity contribution is 7.98. The second-order valence-corrected chi connectivity index (χ2v) is 8.96. The van der Waals surface area contributed by atoms with E-state index < -0.39 is 9.85 Å². The molecule has 1 fully saturated rings. The van der Waals surface area contributed by atoms with E-state index in [1.807, 2.05) is 6.26 Å². The summed E-state index contributed by atoms with van der Waals surface area (Å²) in [6.07, 6.45) is 3.84. The van der Waals surface area contributed by atoms with E-state index in [0.29, 0.717) is 0 Å². The maximum Gasteiger partial charge on any atom is 0.294 e. The third-order valence-corrected chi connectivity index (χ3v) is 6.48. The molecule has 2 aromatic carbocycles. The van der Waals surface area contributed by atoms with Crippen molar-refractivity contribution >= 4 is 40.2 Å². The molecule has 1 heterocycles. The number of nitrogens with zero attached hydrogens (tertiary/aromatic N) is 4. The largest absolute Gasteiger partial charge is 0.393 e. The van der Waals surface area contributed by atoms with Crippen molar-refractivity contribution in [3.05, 3.63) is 56.6 Å². The Bertz CT molecular complexity index is 990. The van der Waals surface area contributed by atoms with Crippen LogP contribution in [-0.2, 0) is 0 Å². The molecule has 12 heteroatoms. The molecule has 0 aromatic heterocycles. The number of nitrogen functional groups attached to an aromatic ring is 1. The molecule has 3 rings (SSSR count). The Morgan fingerprint density at radius 2 is 1.59 bits per heavy atom. The highest BCUT2D eigenvalue weighted by atomic mass is 32.2. The van der Waals surface area contributed by atoms with Crippen LogP contribution in [0.15, 0.2) is 41.3 Å². The summed E-state index contributed by atoms with van der Waals surface area (Å²) in [7, 11) is 0. The van der Waals surface area contributed by atoms with E-state index in [2.05, 4.69) is 20.4 Å². The first kappa shape index (κ1) is 25.5. The van der Waals surface area contributed by atoms with Crippen LogP contribution in [0.3, 0.4) is 0 Å². The number of nitro groups is 2. The molecule has 0 unspecified atom stereocenters. The van der Waals surface area contributed by atoms with E-state index in [9.17, 15) is 20.2 Å². The standard InChI is InChI=1S/C22H31N7O4S/c1-34-22-14-19(23)21(29(32)33)15-20(22)25-9-3-11-27-13-12-26(16-27)10-2-8-24-17-4-6-18(7-5-17)28(30)31/h4-7,14-15,24-25H,2-3,8-13,16,23H2,1H3. The van der Waals surface area contributed by atoms with Crippen molar-refractivity contribution in [1.29, 1.82) is 0 Å². The predicted octanol–water partition coefficient (Wildman–Crippen LogP) is 3.69. The number of rotatable bonds is 13. The van der Waals surface area contributed by atoms with E-state index in [4.69, 9.17) is 5.73 Å². The van der Waals surface area contributed by atoms with Gasteiger partial charge >= 0.3 is 0 Å². The topological polar surface area (TPSA) is 143 Å². The molecule has 0 amide bonds. The van der Waals surface area contributed by atoms with Crippen LogP contribution < -0.4 is 16.4 Å². The van der Waals surface area contributed by atoms with E-state index in [1.165, 1.54) is 30.0 Å². The summed E-state index contributed by atoms with van der Waals surface area (Å²) in [4.78, 5) is 26.7. The lowest BCUT2D eigenvalue weighted by Gasteiger charge is -2.19. The van der Waals surface area contributed by atoms with Crippen LogP contribution in [0.4, 0.5) is 28.4 Å². The third kappa shape index (κ3) is 7.20. The Balaban J connectivity index is 1.32. The lowest BCUT2D eigenvalue weighted by Crippen LogP contribution is -2.28. The van der Waals surface area contributed by atoms with Crippen molar-refractivity contribution in [2.24, 2.45) is 0 Å². The van der Waals surface area contributed by atoms with Crippen LogP contribution in [0.2, 0.25) is 0 Å². The number of hydrogen-bond acceptors (Lipinski definition) is 10. The maximum atomic E-state index is 11.2. The lowest BCUT2D eigenvalue weighted by atomic mass is 10.2. The van der Waals surface area contributed by atoms with Gasteiger partial charge < -0.3 is 16.4 Å². The van der Waals surface area contributed by atoms with Gasteiger partial charge in [-0.15, -0.1) is 11.8 Å². The fraction of sp³-hybridized carbons (Fsp3) is 0.455. The number of nitro benzene ring substituents is 2. The van der Waals surface area contributed by atoms with E-state index in [0.717, 1.165) is 75.0 Å². The predicted molar refractivity (Wildman–Crippen MR) is 137 cm³/mol. The first-order chi connectivity index (χ1) is 16.4. The zero-order valence-corrected chi connectivity index (χ0v) is 20.1. The Morgan fingerprint density at radius 1 is 0.971 bits per heavy atom. The fourth-order valence-electron chi connectivity index (χ4n) is 3.88. The summed E-state index contributed by atoms with van der Waals surface area (Å²) in [5.41, 5.74) is 7.62. The molecule has 1 aliphatic heterocycles. The summed E-state index contributed by atoms with van der Waals surface area (Å²) in [5.74, 6) is 0. The minimum absolute atomic E-state index is 0.0708. The van der Waals surface area contributed by atoms with Gasteiger partial charge in [0.05, 0.1) is 22.2 Å². The fourth-order valence-corrected chi connectivity index (χ4v) is 4.48. The van der Waals surface area contributed by atoms with Crippen LogP contribution in [0.1, 0.15) is 12.8 Å². The molecule has 2 aromatic rings. The molecule has 0 aliphatic carbocycles. The average molecular weight is 490 g/mol. The van der Waals surface area contributed by atoms with Gasteiger partial charge in [0.25, 0.3) is 11.4 Å². The monoisotopic (exact) mass is 489 g/mol. The molecule has 1 aliphatic rings. The quantitative estimate of drug-likeness (QED) is 0.125. The van der Waals surface area contributed by atoms with Gasteiger partial charge in [0.2, 0.25) is 0 Å². The summed E-state index contributed by atoms with van der Waals surface area (Å²) in [5, 5.41) is 28.5.